The van der Waals surface area contributed by atoms with E-state index >= 15 is 0 Å². The van der Waals surface area contributed by atoms with Gasteiger partial charge < -0.3 is 0 Å². The van der Waals surface area contributed by atoms with E-state index in [2.05, 4.69) is 25.7 Å². The maximum atomic E-state index is 8.70. The van der Waals surface area contributed by atoms with E-state index in [9.17, 15) is 0 Å². The topological polar surface area (TPSA) is 29.5 Å². The Hall–Kier alpha value is -0.0800. The Kier molecular flexibility index (Phi) is 3.53. The molecule has 1 aliphatic carbocycles. The largest absolute Gasteiger partial charge is 0.252 e. The first-order chi connectivity index (χ1) is 5.65. The molecule has 2 heteroatoms. The lowest BCUT2D eigenvalue weighted by atomic mass is 9.75. The van der Waals surface area contributed by atoms with Gasteiger partial charge in [0.2, 0.25) is 0 Å². The van der Waals surface area contributed by atoms with Crippen LogP contribution in [0.25, 0.3) is 0 Å². The molecular weight excluding hydrogens is 152 g/mol. The zero-order valence-corrected chi connectivity index (χ0v) is 8.29. The van der Waals surface area contributed by atoms with Crippen molar-refractivity contribution in [3.8, 4) is 0 Å². The number of rotatable bonds is 2. The SMILES string of the molecule is CC1CCC(OO)C(C(C)C)C1. The quantitative estimate of drug-likeness (QED) is 0.512. The Bertz CT molecular complexity index is 134. The minimum absolute atomic E-state index is 0.0844. The van der Waals surface area contributed by atoms with Crippen LogP contribution in [0.1, 0.15) is 40.0 Å². The molecule has 1 saturated carbocycles. The lowest BCUT2D eigenvalue weighted by Crippen LogP contribution is -2.33. The fourth-order valence-corrected chi connectivity index (χ4v) is 2.23. The molecule has 0 saturated heterocycles. The first kappa shape index (κ1) is 10.0. The monoisotopic (exact) mass is 172 g/mol. The van der Waals surface area contributed by atoms with Gasteiger partial charge in [0.25, 0.3) is 0 Å². The minimum Gasteiger partial charge on any atom is -0.252 e. The van der Waals surface area contributed by atoms with E-state index in [1.165, 1.54) is 12.8 Å². The first-order valence-electron chi connectivity index (χ1n) is 4.95. The lowest BCUT2D eigenvalue weighted by Gasteiger charge is -2.35. The van der Waals surface area contributed by atoms with Gasteiger partial charge in [-0.25, -0.2) is 4.89 Å². The summed E-state index contributed by atoms with van der Waals surface area (Å²) in [6.45, 7) is 6.69. The maximum Gasteiger partial charge on any atom is 0.0958 e. The Labute approximate surface area is 74.9 Å². The third-order valence-electron chi connectivity index (χ3n) is 3.09. The molecule has 1 N–H and O–H groups in total. The summed E-state index contributed by atoms with van der Waals surface area (Å²) in [5.41, 5.74) is 0. The van der Waals surface area contributed by atoms with Crippen LogP contribution in [-0.2, 0) is 4.89 Å². The molecular formula is C10H20O2. The van der Waals surface area contributed by atoms with Crippen molar-refractivity contribution < 1.29 is 10.1 Å². The zero-order valence-electron chi connectivity index (χ0n) is 8.29. The van der Waals surface area contributed by atoms with E-state index < -0.39 is 0 Å². The average molecular weight is 172 g/mol. The van der Waals surface area contributed by atoms with Crippen molar-refractivity contribution in [2.45, 2.75) is 46.1 Å². The molecule has 0 heterocycles. The van der Waals surface area contributed by atoms with Gasteiger partial charge in [0, 0.05) is 0 Å². The molecule has 0 aromatic heterocycles. The van der Waals surface area contributed by atoms with Crippen molar-refractivity contribution in [1.82, 2.24) is 0 Å². The van der Waals surface area contributed by atoms with Crippen molar-refractivity contribution in [1.29, 1.82) is 0 Å². The van der Waals surface area contributed by atoms with E-state index in [1.807, 2.05) is 0 Å². The van der Waals surface area contributed by atoms with Gasteiger partial charge in [-0.1, -0.05) is 20.8 Å². The second kappa shape index (κ2) is 4.24. The van der Waals surface area contributed by atoms with E-state index in [0.29, 0.717) is 11.8 Å². The van der Waals surface area contributed by atoms with Gasteiger partial charge in [0.15, 0.2) is 0 Å². The Morgan fingerprint density at radius 2 is 2.00 bits per heavy atom. The molecule has 0 aromatic carbocycles. The normalized spacial score (nSPS) is 37.2. The first-order valence-corrected chi connectivity index (χ1v) is 4.95. The smallest absolute Gasteiger partial charge is 0.0958 e. The van der Waals surface area contributed by atoms with Crippen LogP contribution in [0.15, 0.2) is 0 Å². The van der Waals surface area contributed by atoms with Crippen molar-refractivity contribution in [2.24, 2.45) is 17.8 Å². The Balaban J connectivity index is 2.52. The average Bonchev–Trinajstić information content (AvgIpc) is 2.04. The standard InChI is InChI=1S/C10H20O2/c1-7(2)9-6-8(3)4-5-10(9)12-11/h7-11H,4-6H2,1-3H3. The highest BCUT2D eigenvalue weighted by atomic mass is 17.1. The molecule has 72 valence electrons. The summed E-state index contributed by atoms with van der Waals surface area (Å²) in [5.74, 6) is 1.95. The third kappa shape index (κ3) is 2.20. The minimum atomic E-state index is 0.0844. The second-order valence-electron chi connectivity index (χ2n) is 4.47. The maximum absolute atomic E-state index is 8.70. The molecule has 1 rings (SSSR count). The molecule has 3 unspecified atom stereocenters. The van der Waals surface area contributed by atoms with Gasteiger partial charge in [0.05, 0.1) is 6.10 Å². The van der Waals surface area contributed by atoms with Gasteiger partial charge >= 0.3 is 0 Å². The van der Waals surface area contributed by atoms with Crippen molar-refractivity contribution in [2.75, 3.05) is 0 Å². The van der Waals surface area contributed by atoms with Crippen LogP contribution >= 0.6 is 0 Å². The molecule has 2 nitrogen and oxygen atoms in total. The predicted molar refractivity (Wildman–Crippen MR) is 48.8 cm³/mol. The molecule has 0 amide bonds. The molecule has 12 heavy (non-hydrogen) atoms. The van der Waals surface area contributed by atoms with Crippen LogP contribution < -0.4 is 0 Å². The molecule has 0 aliphatic heterocycles. The molecule has 0 radical (unpaired) electrons. The highest BCUT2D eigenvalue weighted by Gasteiger charge is 2.31. The van der Waals surface area contributed by atoms with Crippen LogP contribution in [0.3, 0.4) is 0 Å². The third-order valence-corrected chi connectivity index (χ3v) is 3.09. The van der Waals surface area contributed by atoms with Gasteiger partial charge in [-0.15, -0.1) is 0 Å². The van der Waals surface area contributed by atoms with Crippen LogP contribution in [0.2, 0.25) is 0 Å². The van der Waals surface area contributed by atoms with Crippen LogP contribution in [0.4, 0.5) is 0 Å². The van der Waals surface area contributed by atoms with Crippen LogP contribution in [0, 0.1) is 17.8 Å². The predicted octanol–water partition coefficient (Wildman–Crippen LogP) is 2.94. The highest BCUT2D eigenvalue weighted by molar-refractivity contribution is 4.80. The van der Waals surface area contributed by atoms with E-state index in [1.54, 1.807) is 0 Å². The van der Waals surface area contributed by atoms with Crippen molar-refractivity contribution in [3.05, 3.63) is 0 Å². The molecule has 1 fully saturated rings. The molecule has 0 spiro atoms. The fraction of sp³-hybridized carbons (Fsp3) is 1.00. The zero-order chi connectivity index (χ0) is 9.14. The Morgan fingerprint density at radius 1 is 1.33 bits per heavy atom. The second-order valence-corrected chi connectivity index (χ2v) is 4.47. The molecule has 0 aromatic rings. The number of hydrogen-bond donors (Lipinski definition) is 1. The fourth-order valence-electron chi connectivity index (χ4n) is 2.23. The van der Waals surface area contributed by atoms with E-state index in [4.69, 9.17) is 5.26 Å². The highest BCUT2D eigenvalue weighted by Crippen LogP contribution is 2.34. The molecule has 3 atom stereocenters. The number of hydrogen-bond acceptors (Lipinski definition) is 2. The van der Waals surface area contributed by atoms with Crippen LogP contribution in [0.5, 0.6) is 0 Å². The molecule has 1 aliphatic rings. The van der Waals surface area contributed by atoms with Gasteiger partial charge in [-0.2, -0.15) is 0 Å². The van der Waals surface area contributed by atoms with E-state index in [0.717, 1.165) is 12.3 Å². The lowest BCUT2D eigenvalue weighted by molar-refractivity contribution is -0.300. The molecule has 0 bridgehead atoms. The van der Waals surface area contributed by atoms with E-state index in [-0.39, 0.29) is 6.10 Å². The summed E-state index contributed by atoms with van der Waals surface area (Å²) < 4.78 is 0. The summed E-state index contributed by atoms with van der Waals surface area (Å²) in [5, 5.41) is 8.70. The summed E-state index contributed by atoms with van der Waals surface area (Å²) in [6, 6.07) is 0. The van der Waals surface area contributed by atoms with Crippen molar-refractivity contribution >= 4 is 0 Å². The summed E-state index contributed by atoms with van der Waals surface area (Å²) in [6.07, 6.45) is 3.49. The summed E-state index contributed by atoms with van der Waals surface area (Å²) in [7, 11) is 0. The van der Waals surface area contributed by atoms with Gasteiger partial charge in [0.1, 0.15) is 0 Å². The summed E-state index contributed by atoms with van der Waals surface area (Å²) >= 11 is 0. The Morgan fingerprint density at radius 3 is 2.50 bits per heavy atom. The van der Waals surface area contributed by atoms with Crippen molar-refractivity contribution in [3.63, 3.8) is 0 Å². The van der Waals surface area contributed by atoms with Gasteiger partial charge in [-0.05, 0) is 37.0 Å². The van der Waals surface area contributed by atoms with Gasteiger partial charge in [-0.3, -0.25) is 5.26 Å². The summed E-state index contributed by atoms with van der Waals surface area (Å²) in [4.78, 5) is 4.51. The van der Waals surface area contributed by atoms with Crippen LogP contribution in [-0.4, -0.2) is 11.4 Å².